The first kappa shape index (κ1) is 12.5. The lowest BCUT2D eigenvalue weighted by molar-refractivity contribution is 0.299. The van der Waals surface area contributed by atoms with Crippen molar-refractivity contribution in [3.8, 4) is 17.2 Å². The Morgan fingerprint density at radius 1 is 0.833 bits per heavy atom. The minimum Gasteiger partial charge on any atom is -0.497 e. The van der Waals surface area contributed by atoms with Crippen molar-refractivity contribution in [1.82, 2.24) is 0 Å². The smallest absolute Gasteiger partial charge is 0.127 e. The Morgan fingerprint density at radius 3 is 1.83 bits per heavy atom. The molecule has 0 bridgehead atoms. The largest absolute Gasteiger partial charge is 0.497 e. The highest BCUT2D eigenvalue weighted by Crippen LogP contribution is 2.23. The molecule has 0 heterocycles. The maximum atomic E-state index is 8.83. The average molecular weight is 244 g/mol. The first-order valence-electron chi connectivity index (χ1n) is 5.83. The number of hydrogen-bond acceptors (Lipinski definition) is 3. The van der Waals surface area contributed by atoms with Gasteiger partial charge in [-0.05, 0) is 48.4 Å². The van der Waals surface area contributed by atoms with E-state index >= 15 is 0 Å². The second kappa shape index (κ2) is 6.07. The minimum absolute atomic E-state index is 0.165. The minimum atomic E-state index is 0.165. The van der Waals surface area contributed by atoms with Crippen molar-refractivity contribution in [2.75, 3.05) is 13.7 Å². The van der Waals surface area contributed by atoms with Gasteiger partial charge >= 0.3 is 0 Å². The van der Waals surface area contributed by atoms with Gasteiger partial charge in [-0.3, -0.25) is 0 Å². The summed E-state index contributed by atoms with van der Waals surface area (Å²) >= 11 is 0. The summed E-state index contributed by atoms with van der Waals surface area (Å²) in [7, 11) is 1.63. The molecule has 94 valence electrons. The Kier molecular flexibility index (Phi) is 4.20. The van der Waals surface area contributed by atoms with Gasteiger partial charge in [-0.25, -0.2) is 0 Å². The number of methoxy groups -OCH3 is 1. The van der Waals surface area contributed by atoms with Crippen LogP contribution in [0.2, 0.25) is 0 Å². The standard InChI is InChI=1S/C15H16O3/c1-17-13-6-8-15(9-7-13)18-14-4-2-12(3-5-14)10-11-16/h2-9,16H,10-11H2,1H3. The Labute approximate surface area is 107 Å². The highest BCUT2D eigenvalue weighted by molar-refractivity contribution is 5.36. The summed E-state index contributed by atoms with van der Waals surface area (Å²) in [5, 5.41) is 8.83. The lowest BCUT2D eigenvalue weighted by Crippen LogP contribution is -1.90. The molecule has 2 rings (SSSR count). The fourth-order valence-corrected chi connectivity index (χ4v) is 1.63. The highest BCUT2D eigenvalue weighted by Gasteiger charge is 1.98. The molecule has 0 saturated heterocycles. The predicted octanol–water partition coefficient (Wildman–Crippen LogP) is 3.02. The van der Waals surface area contributed by atoms with E-state index in [1.54, 1.807) is 7.11 Å². The van der Waals surface area contributed by atoms with Crippen LogP contribution in [0.4, 0.5) is 0 Å². The van der Waals surface area contributed by atoms with Crippen LogP contribution < -0.4 is 9.47 Å². The summed E-state index contributed by atoms with van der Waals surface area (Å²) in [5.41, 5.74) is 1.10. The first-order valence-corrected chi connectivity index (χ1v) is 5.83. The number of rotatable bonds is 5. The van der Waals surface area contributed by atoms with Gasteiger partial charge in [-0.15, -0.1) is 0 Å². The molecule has 0 aliphatic rings. The van der Waals surface area contributed by atoms with Crippen LogP contribution in [0.15, 0.2) is 48.5 Å². The van der Waals surface area contributed by atoms with Gasteiger partial charge in [0.2, 0.25) is 0 Å². The maximum absolute atomic E-state index is 8.83. The molecule has 0 amide bonds. The third kappa shape index (κ3) is 3.25. The zero-order valence-corrected chi connectivity index (χ0v) is 10.3. The SMILES string of the molecule is COc1ccc(Oc2ccc(CCO)cc2)cc1. The Morgan fingerprint density at radius 2 is 1.33 bits per heavy atom. The molecule has 2 aromatic carbocycles. The number of ether oxygens (including phenoxy) is 2. The monoisotopic (exact) mass is 244 g/mol. The van der Waals surface area contributed by atoms with E-state index in [1.807, 2.05) is 48.5 Å². The average Bonchev–Trinajstić information content (AvgIpc) is 2.42. The van der Waals surface area contributed by atoms with Gasteiger partial charge in [-0.1, -0.05) is 12.1 Å². The summed E-state index contributed by atoms with van der Waals surface area (Å²) in [4.78, 5) is 0. The van der Waals surface area contributed by atoms with E-state index in [4.69, 9.17) is 14.6 Å². The molecule has 18 heavy (non-hydrogen) atoms. The number of aliphatic hydroxyl groups is 1. The molecule has 3 nitrogen and oxygen atoms in total. The lowest BCUT2D eigenvalue weighted by Gasteiger charge is -2.07. The lowest BCUT2D eigenvalue weighted by atomic mass is 10.1. The molecule has 0 radical (unpaired) electrons. The Hall–Kier alpha value is -2.00. The van der Waals surface area contributed by atoms with Crippen molar-refractivity contribution in [2.24, 2.45) is 0 Å². The van der Waals surface area contributed by atoms with Crippen LogP contribution in [-0.2, 0) is 6.42 Å². The van der Waals surface area contributed by atoms with E-state index in [0.29, 0.717) is 6.42 Å². The molecule has 0 atom stereocenters. The van der Waals surface area contributed by atoms with Gasteiger partial charge in [0, 0.05) is 6.61 Å². The third-order valence-electron chi connectivity index (χ3n) is 2.62. The van der Waals surface area contributed by atoms with E-state index < -0.39 is 0 Å². The summed E-state index contributed by atoms with van der Waals surface area (Å²) < 4.78 is 10.8. The fourth-order valence-electron chi connectivity index (χ4n) is 1.63. The van der Waals surface area contributed by atoms with Crippen LogP contribution in [0.25, 0.3) is 0 Å². The van der Waals surface area contributed by atoms with Crippen molar-refractivity contribution < 1.29 is 14.6 Å². The van der Waals surface area contributed by atoms with Crippen LogP contribution >= 0.6 is 0 Å². The maximum Gasteiger partial charge on any atom is 0.127 e. The molecule has 0 aliphatic carbocycles. The zero-order chi connectivity index (χ0) is 12.8. The first-order chi connectivity index (χ1) is 8.81. The van der Waals surface area contributed by atoms with Crippen LogP contribution in [0.5, 0.6) is 17.2 Å². The zero-order valence-electron chi connectivity index (χ0n) is 10.3. The predicted molar refractivity (Wildman–Crippen MR) is 70.3 cm³/mol. The molecule has 0 aliphatic heterocycles. The summed E-state index contributed by atoms with van der Waals surface area (Å²) in [6.07, 6.45) is 0.669. The van der Waals surface area contributed by atoms with Crippen molar-refractivity contribution in [3.63, 3.8) is 0 Å². The van der Waals surface area contributed by atoms with Gasteiger partial charge in [0.15, 0.2) is 0 Å². The van der Waals surface area contributed by atoms with Crippen molar-refractivity contribution in [1.29, 1.82) is 0 Å². The van der Waals surface area contributed by atoms with Gasteiger partial charge in [0.1, 0.15) is 17.2 Å². The van der Waals surface area contributed by atoms with Crippen LogP contribution in [-0.4, -0.2) is 18.8 Å². The Balaban J connectivity index is 2.03. The topological polar surface area (TPSA) is 38.7 Å². The fraction of sp³-hybridized carbons (Fsp3) is 0.200. The summed E-state index contributed by atoms with van der Waals surface area (Å²) in [6, 6.07) is 15.1. The second-order valence-corrected chi connectivity index (χ2v) is 3.90. The van der Waals surface area contributed by atoms with Crippen molar-refractivity contribution >= 4 is 0 Å². The van der Waals surface area contributed by atoms with Crippen LogP contribution in [0.3, 0.4) is 0 Å². The van der Waals surface area contributed by atoms with E-state index in [2.05, 4.69) is 0 Å². The van der Waals surface area contributed by atoms with Gasteiger partial charge in [0.25, 0.3) is 0 Å². The third-order valence-corrected chi connectivity index (χ3v) is 2.62. The van der Waals surface area contributed by atoms with Crippen molar-refractivity contribution in [2.45, 2.75) is 6.42 Å². The van der Waals surface area contributed by atoms with Crippen LogP contribution in [0.1, 0.15) is 5.56 Å². The summed E-state index contributed by atoms with van der Waals surface area (Å²) in [5.74, 6) is 2.35. The molecule has 0 spiro atoms. The number of hydrogen-bond donors (Lipinski definition) is 1. The molecule has 0 unspecified atom stereocenters. The van der Waals surface area contributed by atoms with Crippen LogP contribution in [0, 0.1) is 0 Å². The molecular formula is C15H16O3. The summed E-state index contributed by atoms with van der Waals surface area (Å²) in [6.45, 7) is 0.165. The normalized spacial score (nSPS) is 10.1. The van der Waals surface area contributed by atoms with Gasteiger partial charge in [0.05, 0.1) is 7.11 Å². The van der Waals surface area contributed by atoms with Gasteiger partial charge < -0.3 is 14.6 Å². The van der Waals surface area contributed by atoms with E-state index in [-0.39, 0.29) is 6.61 Å². The molecular weight excluding hydrogens is 228 g/mol. The quantitative estimate of drug-likeness (QED) is 0.878. The van der Waals surface area contributed by atoms with Gasteiger partial charge in [-0.2, -0.15) is 0 Å². The van der Waals surface area contributed by atoms with E-state index in [9.17, 15) is 0 Å². The van der Waals surface area contributed by atoms with E-state index in [0.717, 1.165) is 22.8 Å². The number of benzene rings is 2. The number of aliphatic hydroxyl groups excluding tert-OH is 1. The second-order valence-electron chi connectivity index (χ2n) is 3.90. The molecule has 0 aromatic heterocycles. The molecule has 1 N–H and O–H groups in total. The Bertz CT molecular complexity index is 474. The highest BCUT2D eigenvalue weighted by atomic mass is 16.5. The molecule has 0 fully saturated rings. The van der Waals surface area contributed by atoms with Crippen molar-refractivity contribution in [3.05, 3.63) is 54.1 Å². The molecule has 0 saturated carbocycles. The molecule has 2 aromatic rings. The molecule has 3 heteroatoms. The van der Waals surface area contributed by atoms with E-state index in [1.165, 1.54) is 0 Å².